The number of thiophene rings is 2. The van der Waals surface area contributed by atoms with E-state index in [4.69, 9.17) is 9.47 Å². The van der Waals surface area contributed by atoms with Gasteiger partial charge in [-0.2, -0.15) is 127 Å². The molecule has 0 aliphatic heterocycles. The van der Waals surface area contributed by atoms with Gasteiger partial charge in [-0.15, -0.1) is 0 Å². The normalized spacial score (nSPS) is 13.0. The molecule has 0 unspecified atom stereocenters. The third-order valence-corrected chi connectivity index (χ3v) is 23.8. The summed E-state index contributed by atoms with van der Waals surface area (Å²) in [4.78, 5) is 28.5. The second-order valence-corrected chi connectivity index (χ2v) is 31.5. The molecule has 0 aliphatic carbocycles. The summed E-state index contributed by atoms with van der Waals surface area (Å²) < 4.78 is 356. The second-order valence-electron chi connectivity index (χ2n) is 25.0. The van der Waals surface area contributed by atoms with Crippen LogP contribution in [0.3, 0.4) is 0 Å². The van der Waals surface area contributed by atoms with Crippen molar-refractivity contribution in [2.24, 2.45) is 0 Å². The Morgan fingerprint density at radius 2 is 0.482 bits per heavy atom. The molecule has 0 bridgehead atoms. The fourth-order valence-corrected chi connectivity index (χ4v) is 19.1. The number of hydrogen-bond donors (Lipinski definition) is 0. The number of halogens is 25. The standard InChI is InChI=1S/C46H26IO4S2.C32H12BF24/c48-45(50-43-35-15-7-5-13-31(35)23-33-21-27-9-1-3-11-29(27)25-37(33)43)39-17-19-41(52-39)47-42-20-18-40(53-42)46(49)51-44-36-16-8-6-14-32(36)24-34-22-28-10-2-4-12-30(28)26-38(34)44;34-25(35,36)13-1-14(26(37,38)39)6-21(5-13)33(22-7-15(27(40,41)42)2-16(8-22)28(43,44)45,23-9-17(29(46,47)48)3-18(10-23)30(49,50)51)24-11-19(31(52,53)54)4-20(12-24)32(55,56)57/h1-26H;1-12H/q+1;-1. The SMILES string of the molecule is FC(F)(F)c1cc([B-](c2cc(C(F)(F)F)cc(C(F)(F)F)c2)(c2cc(C(F)(F)F)cc(C(F)(F)F)c2)c2cc(C(F)(F)F)cc(C(F)(F)F)c2)cc(C(F)(F)F)c1.O=C(Oc1c2ccccc2cc2cc3ccccc3cc12)c1ccc([I+]c2ccc(C(=O)Oc3c4ccccc4cc4cc5ccccc5cc34)s2)s1. The van der Waals surface area contributed by atoms with Crippen molar-refractivity contribution in [1.82, 2.24) is 0 Å². The molecule has 0 aliphatic rings. The van der Waals surface area contributed by atoms with Crippen molar-refractivity contribution in [1.29, 1.82) is 0 Å². The number of fused-ring (bicyclic) bond motifs is 6. The third kappa shape index (κ3) is 15.9. The third-order valence-electron chi connectivity index (χ3n) is 17.9. The van der Waals surface area contributed by atoms with Gasteiger partial charge in [0.15, 0.2) is 0 Å². The van der Waals surface area contributed by atoms with E-state index in [-0.39, 0.29) is 11.9 Å². The fourth-order valence-electron chi connectivity index (χ4n) is 13.1. The molecular formula is C78H38BF24IO4S2. The van der Waals surface area contributed by atoms with Crippen LogP contribution < -0.4 is 52.5 Å². The van der Waals surface area contributed by atoms with Gasteiger partial charge in [0.25, 0.3) is 0 Å². The maximum absolute atomic E-state index is 14.2. The van der Waals surface area contributed by atoms with Crippen LogP contribution in [0, 0.1) is 5.77 Å². The lowest BCUT2D eigenvalue weighted by molar-refractivity contribution is -0.585. The Bertz CT molecular complexity index is 5330. The summed E-state index contributed by atoms with van der Waals surface area (Å²) in [5.74, 6) is 0.405. The smallest absolute Gasteiger partial charge is 0.416 e. The number of ether oxygens (including phenoxy) is 2. The van der Waals surface area contributed by atoms with E-state index < -0.39 is 216 Å². The summed E-state index contributed by atoms with van der Waals surface area (Å²) in [7, 11) is 0. The molecule has 4 nitrogen and oxygen atoms in total. The molecule has 564 valence electrons. The Kier molecular flexibility index (Phi) is 19.9. The van der Waals surface area contributed by atoms with Gasteiger partial charge in [-0.25, -0.2) is 9.59 Å². The Morgan fingerprint density at radius 3 is 0.736 bits per heavy atom. The quantitative estimate of drug-likeness (QED) is 0.0342. The van der Waals surface area contributed by atoms with E-state index in [0.29, 0.717) is 21.3 Å². The first kappa shape index (κ1) is 77.8. The van der Waals surface area contributed by atoms with Crippen LogP contribution in [0.1, 0.15) is 63.9 Å². The number of carbonyl (C=O) groups is 2. The maximum Gasteiger partial charge on any atom is 0.416 e. The molecule has 0 atom stereocenters. The Hall–Kier alpha value is -10.3. The van der Waals surface area contributed by atoms with Crippen LogP contribution in [0.25, 0.3) is 64.6 Å². The van der Waals surface area contributed by atoms with Gasteiger partial charge in [-0.1, -0.05) is 168 Å². The van der Waals surface area contributed by atoms with Gasteiger partial charge < -0.3 is 9.47 Å². The molecule has 0 spiro atoms. The van der Waals surface area contributed by atoms with Crippen molar-refractivity contribution < 1.29 is 146 Å². The molecule has 2 heterocycles. The van der Waals surface area contributed by atoms with Gasteiger partial charge in [0.05, 0.1) is 44.5 Å². The Balaban J connectivity index is 0.000000193. The van der Waals surface area contributed by atoms with Crippen LogP contribution in [0.15, 0.2) is 231 Å². The highest BCUT2D eigenvalue weighted by Crippen LogP contribution is 2.45. The maximum atomic E-state index is 14.2. The minimum absolute atomic E-state index is 0.374. The zero-order valence-electron chi connectivity index (χ0n) is 54.4. The van der Waals surface area contributed by atoms with E-state index in [0.717, 1.165) is 70.4 Å². The molecule has 0 saturated carbocycles. The van der Waals surface area contributed by atoms with Crippen molar-refractivity contribution >= 4 is 127 Å². The second kappa shape index (κ2) is 28.2. The molecular weight excluding hydrogens is 1660 g/mol. The van der Waals surface area contributed by atoms with Gasteiger partial charge in [-0.05, 0) is 116 Å². The topological polar surface area (TPSA) is 52.6 Å². The number of hydrogen-bond acceptors (Lipinski definition) is 6. The zero-order valence-corrected chi connectivity index (χ0v) is 58.2. The van der Waals surface area contributed by atoms with Gasteiger partial charge >= 0.3 is 82.6 Å². The minimum atomic E-state index is -6.13. The van der Waals surface area contributed by atoms with Gasteiger partial charge in [0.1, 0.15) is 27.4 Å². The van der Waals surface area contributed by atoms with Crippen molar-refractivity contribution in [2.75, 3.05) is 0 Å². The largest absolute Gasteiger partial charge is 0.421 e. The lowest BCUT2D eigenvalue weighted by Crippen LogP contribution is -3.61. The van der Waals surface area contributed by atoms with Crippen LogP contribution in [-0.4, -0.2) is 18.1 Å². The first-order valence-electron chi connectivity index (χ1n) is 31.6. The van der Waals surface area contributed by atoms with Crippen molar-refractivity contribution in [3.63, 3.8) is 0 Å². The van der Waals surface area contributed by atoms with Crippen LogP contribution in [0.4, 0.5) is 105 Å². The number of carbonyl (C=O) groups excluding carboxylic acids is 2. The van der Waals surface area contributed by atoms with Crippen LogP contribution in [0.2, 0.25) is 0 Å². The van der Waals surface area contributed by atoms with E-state index in [1.54, 1.807) is 0 Å². The average molecular weight is 1700 g/mol. The van der Waals surface area contributed by atoms with E-state index in [1.807, 2.05) is 97.1 Å². The summed E-state index contributed by atoms with van der Waals surface area (Å²) in [5, 5.41) is 12.2. The monoisotopic (exact) mass is 1700 g/mol. The molecule has 0 radical (unpaired) electrons. The van der Waals surface area contributed by atoms with E-state index in [9.17, 15) is 115 Å². The highest BCUT2D eigenvalue weighted by atomic mass is 127. The molecule has 2 aromatic heterocycles. The lowest BCUT2D eigenvalue weighted by atomic mass is 9.12. The zero-order chi connectivity index (χ0) is 79.4. The first-order chi connectivity index (χ1) is 51.3. The molecule has 14 aromatic rings. The number of benzene rings is 12. The average Bonchev–Trinajstić information content (AvgIpc) is 0.772. The number of esters is 2. The molecule has 0 amide bonds. The summed E-state index contributed by atoms with van der Waals surface area (Å²) >= 11 is 2.28. The van der Waals surface area contributed by atoms with Crippen molar-refractivity contribution in [2.45, 2.75) is 49.4 Å². The minimum Gasteiger partial charge on any atom is -0.421 e. The molecule has 32 heteroatoms. The molecule has 12 aromatic carbocycles. The fraction of sp³-hybridized carbons (Fsp3) is 0.103. The van der Waals surface area contributed by atoms with E-state index in [2.05, 4.69) is 60.7 Å². The number of alkyl halides is 24. The Labute approximate surface area is 620 Å². The van der Waals surface area contributed by atoms with Crippen molar-refractivity contribution in [3.05, 3.63) is 291 Å². The predicted molar refractivity (Wildman–Crippen MR) is 364 cm³/mol. The molecule has 0 saturated heterocycles. The van der Waals surface area contributed by atoms with Crippen LogP contribution in [-0.2, 0) is 49.4 Å². The Morgan fingerprint density at radius 1 is 0.255 bits per heavy atom. The van der Waals surface area contributed by atoms with Gasteiger partial charge in [-0.3, -0.25) is 0 Å². The summed E-state index contributed by atoms with van der Waals surface area (Å²) in [5.41, 5.74) is -30.2. The van der Waals surface area contributed by atoms with Crippen LogP contribution in [0.5, 0.6) is 11.5 Å². The molecule has 0 N–H and O–H groups in total. The summed E-state index contributed by atoms with van der Waals surface area (Å²) in [6.07, 6.45) is -54.8. The van der Waals surface area contributed by atoms with E-state index >= 15 is 0 Å². The molecule has 14 rings (SSSR count). The summed E-state index contributed by atoms with van der Waals surface area (Å²) in [6, 6.07) is 44.2. The molecule has 0 fully saturated rings. The van der Waals surface area contributed by atoms with Crippen molar-refractivity contribution in [3.8, 4) is 11.5 Å². The predicted octanol–water partition coefficient (Wildman–Crippen LogP) is 20.5. The van der Waals surface area contributed by atoms with Gasteiger partial charge in [0, 0.05) is 33.7 Å². The molecule has 110 heavy (non-hydrogen) atoms. The highest BCUT2D eigenvalue weighted by molar-refractivity contribution is 7.20. The lowest BCUT2D eigenvalue weighted by Gasteiger charge is -2.46. The van der Waals surface area contributed by atoms with Gasteiger partial charge in [0.2, 0.25) is 5.77 Å². The number of rotatable bonds is 10. The highest BCUT2D eigenvalue weighted by Gasteiger charge is 2.48. The summed E-state index contributed by atoms with van der Waals surface area (Å²) in [6.45, 7) is 0. The first-order valence-corrected chi connectivity index (χ1v) is 35.4. The van der Waals surface area contributed by atoms with Crippen LogP contribution >= 0.6 is 22.7 Å². The van der Waals surface area contributed by atoms with E-state index in [1.165, 1.54) is 22.7 Å².